The van der Waals surface area contributed by atoms with Crippen LogP contribution in [-0.2, 0) is 23.3 Å². The predicted molar refractivity (Wildman–Crippen MR) is 127 cm³/mol. The molecular weight excluding hydrogens is 438 g/mol. The summed E-state index contributed by atoms with van der Waals surface area (Å²) in [6.07, 6.45) is 0.884. The molecule has 1 atom stereocenters. The number of ether oxygens (including phenoxy) is 1. The number of rotatable bonds is 8. The van der Waals surface area contributed by atoms with Crippen LogP contribution in [0.15, 0.2) is 47.8 Å². The molecule has 1 aliphatic heterocycles. The average molecular weight is 466 g/mol. The number of nitrogens with one attached hydrogen (secondary N) is 1. The minimum atomic E-state index is -1.23. The van der Waals surface area contributed by atoms with E-state index in [1.807, 2.05) is 26.0 Å². The number of carbonyl (C=O) groups is 3. The molecule has 0 aliphatic carbocycles. The third kappa shape index (κ3) is 4.18. The number of imide groups is 1. The van der Waals surface area contributed by atoms with Crippen LogP contribution in [0.25, 0.3) is 0 Å². The standard InChI is InChI=1S/C25H27N3O4S/c1-16-14-21(17(2)27(16)12-11-20-6-5-13-33-20)22(29)15-28-23(30)25(3,26-24(28)31)18-7-9-19(32-4)10-8-18/h5-10,13-14H,11-12,15H2,1-4H3,(H,26,31). The topological polar surface area (TPSA) is 80.6 Å². The van der Waals surface area contributed by atoms with E-state index in [0.29, 0.717) is 16.9 Å². The first-order chi connectivity index (χ1) is 15.7. The van der Waals surface area contributed by atoms with Crippen LogP contribution in [0.5, 0.6) is 5.75 Å². The number of nitrogens with zero attached hydrogens (tertiary/aromatic N) is 2. The van der Waals surface area contributed by atoms with Crippen molar-refractivity contribution in [2.45, 2.75) is 39.3 Å². The summed E-state index contributed by atoms with van der Waals surface area (Å²) in [6.45, 7) is 5.99. The molecule has 0 bridgehead atoms. The molecule has 1 unspecified atom stereocenters. The summed E-state index contributed by atoms with van der Waals surface area (Å²) in [6, 6.07) is 12.3. The second kappa shape index (κ2) is 8.86. The quantitative estimate of drug-likeness (QED) is 0.402. The first-order valence-electron chi connectivity index (χ1n) is 10.8. The van der Waals surface area contributed by atoms with E-state index in [4.69, 9.17) is 4.74 Å². The van der Waals surface area contributed by atoms with Gasteiger partial charge in [0.05, 0.1) is 13.7 Å². The molecule has 172 valence electrons. The zero-order chi connectivity index (χ0) is 23.8. The van der Waals surface area contributed by atoms with E-state index >= 15 is 0 Å². The fourth-order valence-electron chi connectivity index (χ4n) is 4.29. The van der Waals surface area contributed by atoms with Crippen molar-refractivity contribution in [3.63, 3.8) is 0 Å². The lowest BCUT2D eigenvalue weighted by Crippen LogP contribution is -2.41. The molecule has 8 heteroatoms. The number of thiophene rings is 1. The molecule has 7 nitrogen and oxygen atoms in total. The average Bonchev–Trinajstić information content (AvgIpc) is 3.48. The smallest absolute Gasteiger partial charge is 0.325 e. The van der Waals surface area contributed by atoms with Crippen LogP contribution in [0, 0.1) is 13.8 Å². The number of aromatic nitrogens is 1. The van der Waals surface area contributed by atoms with Gasteiger partial charge in [-0.3, -0.25) is 14.5 Å². The van der Waals surface area contributed by atoms with Crippen molar-refractivity contribution >= 4 is 29.1 Å². The molecule has 3 heterocycles. The van der Waals surface area contributed by atoms with Gasteiger partial charge in [0.1, 0.15) is 11.3 Å². The number of hydrogen-bond donors (Lipinski definition) is 1. The number of aryl methyl sites for hydroxylation is 2. The molecule has 4 rings (SSSR count). The summed E-state index contributed by atoms with van der Waals surface area (Å²) in [5, 5.41) is 4.80. The van der Waals surface area contributed by atoms with Gasteiger partial charge >= 0.3 is 6.03 Å². The fraction of sp³-hybridized carbons (Fsp3) is 0.320. The minimum Gasteiger partial charge on any atom is -0.497 e. The summed E-state index contributed by atoms with van der Waals surface area (Å²) in [5.74, 6) is -0.0499. The van der Waals surface area contributed by atoms with Gasteiger partial charge in [-0.2, -0.15) is 0 Å². The Kier molecular flexibility index (Phi) is 6.12. The number of carbonyl (C=O) groups excluding carboxylic acids is 3. The van der Waals surface area contributed by atoms with Gasteiger partial charge in [0, 0.05) is 28.4 Å². The molecular formula is C25H27N3O4S. The van der Waals surface area contributed by atoms with E-state index in [0.717, 1.165) is 29.3 Å². The van der Waals surface area contributed by atoms with Crippen LogP contribution in [-0.4, -0.2) is 40.8 Å². The van der Waals surface area contributed by atoms with E-state index in [2.05, 4.69) is 21.3 Å². The Labute approximate surface area is 197 Å². The number of methoxy groups -OCH3 is 1. The molecule has 1 fully saturated rings. The zero-order valence-electron chi connectivity index (χ0n) is 19.2. The molecule has 3 amide bonds. The molecule has 1 saturated heterocycles. The molecule has 1 N–H and O–H groups in total. The zero-order valence-corrected chi connectivity index (χ0v) is 20.0. The number of amides is 3. The van der Waals surface area contributed by atoms with E-state index in [1.165, 1.54) is 4.88 Å². The Bertz CT molecular complexity index is 1200. The van der Waals surface area contributed by atoms with Gasteiger partial charge < -0.3 is 14.6 Å². The van der Waals surface area contributed by atoms with Crippen LogP contribution in [0.2, 0.25) is 0 Å². The van der Waals surface area contributed by atoms with Gasteiger partial charge in [0.2, 0.25) is 0 Å². The summed E-state index contributed by atoms with van der Waals surface area (Å²) in [4.78, 5) is 41.3. The van der Waals surface area contributed by atoms with E-state index in [9.17, 15) is 14.4 Å². The van der Waals surface area contributed by atoms with Crippen molar-refractivity contribution in [3.8, 4) is 5.75 Å². The summed E-state index contributed by atoms with van der Waals surface area (Å²) < 4.78 is 7.28. The third-order valence-corrected chi connectivity index (χ3v) is 7.22. The lowest BCUT2D eigenvalue weighted by atomic mass is 9.92. The van der Waals surface area contributed by atoms with Crippen LogP contribution >= 0.6 is 11.3 Å². The van der Waals surface area contributed by atoms with E-state index < -0.39 is 17.5 Å². The third-order valence-electron chi connectivity index (χ3n) is 6.28. The first kappa shape index (κ1) is 22.8. The van der Waals surface area contributed by atoms with Gasteiger partial charge in [0.15, 0.2) is 5.78 Å². The number of urea groups is 1. The van der Waals surface area contributed by atoms with Crippen LogP contribution in [0.4, 0.5) is 4.79 Å². The monoisotopic (exact) mass is 465 g/mol. The predicted octanol–water partition coefficient (Wildman–Crippen LogP) is 4.07. The maximum atomic E-state index is 13.2. The highest BCUT2D eigenvalue weighted by Crippen LogP contribution is 2.30. The first-order valence-corrected chi connectivity index (χ1v) is 11.6. The van der Waals surface area contributed by atoms with Crippen LogP contribution in [0.1, 0.15) is 39.1 Å². The molecule has 1 aromatic carbocycles. The number of hydrogen-bond acceptors (Lipinski definition) is 5. The molecule has 0 radical (unpaired) electrons. The summed E-state index contributed by atoms with van der Waals surface area (Å²) in [5.41, 5.74) is 1.76. The highest BCUT2D eigenvalue weighted by molar-refractivity contribution is 7.09. The number of Topliss-reactive ketones (excluding diaryl/α,β-unsaturated/α-hetero) is 1. The Hall–Kier alpha value is -3.39. The maximum absolute atomic E-state index is 13.2. The van der Waals surface area contributed by atoms with Gasteiger partial charge in [-0.05, 0) is 62.4 Å². The molecule has 0 spiro atoms. The van der Waals surface area contributed by atoms with Crippen molar-refractivity contribution in [1.82, 2.24) is 14.8 Å². The van der Waals surface area contributed by atoms with Gasteiger partial charge in [-0.1, -0.05) is 18.2 Å². The Balaban J connectivity index is 1.50. The lowest BCUT2D eigenvalue weighted by Gasteiger charge is -2.22. The van der Waals surface area contributed by atoms with Gasteiger partial charge in [-0.15, -0.1) is 11.3 Å². The van der Waals surface area contributed by atoms with Crippen molar-refractivity contribution in [2.24, 2.45) is 0 Å². The Morgan fingerprint density at radius 3 is 2.52 bits per heavy atom. The second-order valence-electron chi connectivity index (χ2n) is 8.36. The molecule has 3 aromatic rings. The molecule has 33 heavy (non-hydrogen) atoms. The normalized spacial score (nSPS) is 18.0. The van der Waals surface area contributed by atoms with Crippen molar-refractivity contribution < 1.29 is 19.1 Å². The van der Waals surface area contributed by atoms with E-state index in [1.54, 1.807) is 49.6 Å². The molecule has 2 aromatic heterocycles. The highest BCUT2D eigenvalue weighted by atomic mass is 32.1. The van der Waals surface area contributed by atoms with E-state index in [-0.39, 0.29) is 12.3 Å². The molecule has 1 aliphatic rings. The summed E-state index contributed by atoms with van der Waals surface area (Å²) in [7, 11) is 1.56. The van der Waals surface area contributed by atoms with Gasteiger partial charge in [-0.25, -0.2) is 4.79 Å². The lowest BCUT2D eigenvalue weighted by molar-refractivity contribution is -0.130. The summed E-state index contributed by atoms with van der Waals surface area (Å²) >= 11 is 1.71. The molecule has 0 saturated carbocycles. The fourth-order valence-corrected chi connectivity index (χ4v) is 4.99. The van der Waals surface area contributed by atoms with Crippen molar-refractivity contribution in [3.05, 3.63) is 75.2 Å². The van der Waals surface area contributed by atoms with Crippen molar-refractivity contribution in [1.29, 1.82) is 0 Å². The largest absolute Gasteiger partial charge is 0.497 e. The Morgan fingerprint density at radius 2 is 1.88 bits per heavy atom. The van der Waals surface area contributed by atoms with Crippen LogP contribution < -0.4 is 10.1 Å². The van der Waals surface area contributed by atoms with Crippen molar-refractivity contribution in [2.75, 3.05) is 13.7 Å². The maximum Gasteiger partial charge on any atom is 0.325 e. The number of benzene rings is 1. The number of ketones is 1. The van der Waals surface area contributed by atoms with Crippen LogP contribution in [0.3, 0.4) is 0 Å². The highest BCUT2D eigenvalue weighted by Gasteiger charge is 2.49. The minimum absolute atomic E-state index is 0.257. The van der Waals surface area contributed by atoms with Gasteiger partial charge in [0.25, 0.3) is 5.91 Å². The SMILES string of the molecule is COc1ccc(C2(C)NC(=O)N(CC(=O)c3cc(C)n(CCc4cccs4)c3C)C2=O)cc1. The Morgan fingerprint density at radius 1 is 1.15 bits per heavy atom. The second-order valence-corrected chi connectivity index (χ2v) is 9.40.